The summed E-state index contributed by atoms with van der Waals surface area (Å²) in [6.07, 6.45) is 1.63. The van der Waals surface area contributed by atoms with Crippen molar-refractivity contribution in [1.82, 2.24) is 5.32 Å². The van der Waals surface area contributed by atoms with Gasteiger partial charge in [-0.05, 0) is 39.5 Å². The van der Waals surface area contributed by atoms with E-state index >= 15 is 0 Å². The number of amides is 1. The first-order chi connectivity index (χ1) is 9.10. The largest absolute Gasteiger partial charge is 0.480 e. The minimum Gasteiger partial charge on any atom is -0.480 e. The monoisotopic (exact) mass is 285 g/mol. The van der Waals surface area contributed by atoms with Crippen molar-refractivity contribution in [2.24, 2.45) is 11.8 Å². The lowest BCUT2D eigenvalue weighted by Crippen LogP contribution is -2.45. The highest BCUT2D eigenvalue weighted by molar-refractivity contribution is 5.88. The molecule has 0 saturated heterocycles. The summed E-state index contributed by atoms with van der Waals surface area (Å²) < 4.78 is 5.07. The van der Waals surface area contributed by atoms with Crippen LogP contribution in [0.15, 0.2) is 0 Å². The van der Waals surface area contributed by atoms with Crippen LogP contribution in [0.25, 0.3) is 0 Å². The lowest BCUT2D eigenvalue weighted by atomic mass is 10.0. The molecule has 0 radical (unpaired) electrons. The van der Waals surface area contributed by atoms with E-state index in [0.29, 0.717) is 5.92 Å². The van der Waals surface area contributed by atoms with Crippen LogP contribution >= 0.6 is 0 Å². The molecular formula is C14H23NO5. The van der Waals surface area contributed by atoms with Crippen LogP contribution in [0.4, 0.5) is 0 Å². The van der Waals surface area contributed by atoms with Crippen LogP contribution in [0.2, 0.25) is 0 Å². The molecule has 6 heteroatoms. The number of carboxylic acids is 1. The molecule has 0 heterocycles. The Bertz CT molecular complexity index is 395. The third-order valence-corrected chi connectivity index (χ3v) is 3.15. The second kappa shape index (κ2) is 6.24. The number of aliphatic carboxylic acids is 1. The Labute approximate surface area is 118 Å². The van der Waals surface area contributed by atoms with Gasteiger partial charge in [-0.1, -0.05) is 6.92 Å². The normalized spacial score (nSPS) is 18.0. The third kappa shape index (κ3) is 5.59. The van der Waals surface area contributed by atoms with Gasteiger partial charge in [0.25, 0.3) is 0 Å². The lowest BCUT2D eigenvalue weighted by Gasteiger charge is -2.22. The fourth-order valence-electron chi connectivity index (χ4n) is 1.86. The summed E-state index contributed by atoms with van der Waals surface area (Å²) in [7, 11) is 0. The highest BCUT2D eigenvalue weighted by Gasteiger charge is 2.35. The number of ether oxygens (including phenoxy) is 1. The Morgan fingerprint density at radius 3 is 2.25 bits per heavy atom. The maximum Gasteiger partial charge on any atom is 0.326 e. The van der Waals surface area contributed by atoms with E-state index in [2.05, 4.69) is 5.32 Å². The van der Waals surface area contributed by atoms with Crippen molar-refractivity contribution >= 4 is 17.8 Å². The van der Waals surface area contributed by atoms with Gasteiger partial charge in [-0.3, -0.25) is 9.59 Å². The minimum atomic E-state index is -1.24. The van der Waals surface area contributed by atoms with Crippen LogP contribution in [-0.2, 0) is 19.1 Å². The molecule has 2 atom stereocenters. The first-order valence-corrected chi connectivity index (χ1v) is 6.85. The molecule has 0 aromatic heterocycles. The number of esters is 1. The summed E-state index contributed by atoms with van der Waals surface area (Å²) in [6, 6.07) is -1.24. The Kier molecular flexibility index (Phi) is 5.14. The van der Waals surface area contributed by atoms with Crippen LogP contribution in [-0.4, -0.2) is 34.6 Å². The summed E-state index contributed by atoms with van der Waals surface area (Å²) in [4.78, 5) is 34.6. The Morgan fingerprint density at radius 1 is 1.30 bits per heavy atom. The molecule has 1 unspecified atom stereocenters. The zero-order valence-corrected chi connectivity index (χ0v) is 12.4. The van der Waals surface area contributed by atoms with Gasteiger partial charge < -0.3 is 15.2 Å². The van der Waals surface area contributed by atoms with E-state index in [0.717, 1.165) is 12.8 Å². The molecule has 114 valence electrons. The van der Waals surface area contributed by atoms with Crippen molar-refractivity contribution in [2.45, 2.75) is 58.6 Å². The second-order valence-corrected chi connectivity index (χ2v) is 6.32. The summed E-state index contributed by atoms with van der Waals surface area (Å²) in [6.45, 7) is 6.89. The molecule has 6 nitrogen and oxygen atoms in total. The molecule has 1 fully saturated rings. The number of nitrogens with one attached hydrogen (secondary N) is 1. The fraction of sp³-hybridized carbons (Fsp3) is 0.786. The standard InChI is InChI=1S/C14H23NO5/c1-8(9-5-6-9)12(17)15-10(13(18)19)7-11(16)20-14(2,3)4/h8-10H,5-7H2,1-4H3,(H,15,17)(H,18,19)/t8?,10-/m0/s1. The van der Waals surface area contributed by atoms with E-state index in [1.165, 1.54) is 0 Å². The fourth-order valence-corrected chi connectivity index (χ4v) is 1.86. The predicted molar refractivity (Wildman–Crippen MR) is 71.9 cm³/mol. The first-order valence-electron chi connectivity index (χ1n) is 6.85. The molecule has 1 rings (SSSR count). The van der Waals surface area contributed by atoms with Gasteiger partial charge in [0.2, 0.25) is 5.91 Å². The number of carbonyl (C=O) groups excluding carboxylic acids is 2. The van der Waals surface area contributed by atoms with Gasteiger partial charge in [-0.2, -0.15) is 0 Å². The lowest BCUT2D eigenvalue weighted by molar-refractivity contribution is -0.158. The molecule has 0 aromatic carbocycles. The van der Waals surface area contributed by atoms with Crippen molar-refractivity contribution in [3.05, 3.63) is 0 Å². The maximum absolute atomic E-state index is 11.9. The number of rotatable bonds is 6. The minimum absolute atomic E-state index is 0.213. The van der Waals surface area contributed by atoms with Crippen LogP contribution in [0.1, 0.15) is 47.0 Å². The number of carboxylic acid groups (broad SMARTS) is 1. The van der Waals surface area contributed by atoms with Crippen molar-refractivity contribution < 1.29 is 24.2 Å². The van der Waals surface area contributed by atoms with E-state index in [4.69, 9.17) is 9.84 Å². The van der Waals surface area contributed by atoms with E-state index < -0.39 is 23.6 Å². The van der Waals surface area contributed by atoms with E-state index in [9.17, 15) is 14.4 Å². The molecular weight excluding hydrogens is 262 g/mol. The van der Waals surface area contributed by atoms with E-state index in [1.807, 2.05) is 0 Å². The summed E-state index contributed by atoms with van der Waals surface area (Å²) in [5.41, 5.74) is -0.675. The van der Waals surface area contributed by atoms with Crippen molar-refractivity contribution in [2.75, 3.05) is 0 Å². The summed E-state index contributed by atoms with van der Waals surface area (Å²) in [5, 5.41) is 11.5. The summed E-state index contributed by atoms with van der Waals surface area (Å²) >= 11 is 0. The van der Waals surface area contributed by atoms with E-state index in [1.54, 1.807) is 27.7 Å². The Morgan fingerprint density at radius 2 is 1.85 bits per heavy atom. The highest BCUT2D eigenvalue weighted by Crippen LogP contribution is 2.36. The number of hydrogen-bond acceptors (Lipinski definition) is 4. The Balaban J connectivity index is 2.53. The first kappa shape index (κ1) is 16.5. The van der Waals surface area contributed by atoms with Gasteiger partial charge in [-0.15, -0.1) is 0 Å². The number of carbonyl (C=O) groups is 3. The molecule has 1 aliphatic carbocycles. The second-order valence-electron chi connectivity index (χ2n) is 6.32. The summed E-state index contributed by atoms with van der Waals surface area (Å²) in [5.74, 6) is -2.05. The number of hydrogen-bond donors (Lipinski definition) is 2. The van der Waals surface area contributed by atoms with Crippen LogP contribution in [0, 0.1) is 11.8 Å². The van der Waals surface area contributed by atoms with Crippen molar-refractivity contribution in [3.8, 4) is 0 Å². The molecule has 1 saturated carbocycles. The van der Waals surface area contributed by atoms with Crippen molar-refractivity contribution in [3.63, 3.8) is 0 Å². The van der Waals surface area contributed by atoms with Gasteiger partial charge in [-0.25, -0.2) is 4.79 Å². The SMILES string of the molecule is CC(C(=O)N[C@@H](CC(=O)OC(C)(C)C)C(=O)O)C1CC1. The highest BCUT2D eigenvalue weighted by atomic mass is 16.6. The molecule has 20 heavy (non-hydrogen) atoms. The van der Waals surface area contributed by atoms with Crippen molar-refractivity contribution in [1.29, 1.82) is 0 Å². The molecule has 1 aliphatic rings. The van der Waals surface area contributed by atoms with Gasteiger partial charge in [0.1, 0.15) is 11.6 Å². The smallest absolute Gasteiger partial charge is 0.326 e. The average molecular weight is 285 g/mol. The van der Waals surface area contributed by atoms with Crippen LogP contribution in [0.3, 0.4) is 0 Å². The maximum atomic E-state index is 11.9. The zero-order valence-electron chi connectivity index (χ0n) is 12.4. The van der Waals surface area contributed by atoms with Crippen LogP contribution in [0.5, 0.6) is 0 Å². The zero-order chi connectivity index (χ0) is 15.5. The molecule has 2 N–H and O–H groups in total. The van der Waals surface area contributed by atoms with Gasteiger partial charge in [0.15, 0.2) is 0 Å². The molecule has 0 aromatic rings. The topological polar surface area (TPSA) is 92.7 Å². The molecule has 0 spiro atoms. The van der Waals surface area contributed by atoms with Gasteiger partial charge in [0, 0.05) is 5.92 Å². The van der Waals surface area contributed by atoms with Crippen LogP contribution < -0.4 is 5.32 Å². The Hall–Kier alpha value is -1.59. The average Bonchev–Trinajstić information content (AvgIpc) is 3.07. The quantitative estimate of drug-likeness (QED) is 0.718. The molecule has 0 bridgehead atoms. The molecule has 0 aliphatic heterocycles. The van der Waals surface area contributed by atoms with Gasteiger partial charge >= 0.3 is 11.9 Å². The van der Waals surface area contributed by atoms with E-state index in [-0.39, 0.29) is 18.2 Å². The predicted octanol–water partition coefficient (Wildman–Crippen LogP) is 1.33. The molecule has 1 amide bonds. The third-order valence-electron chi connectivity index (χ3n) is 3.15. The van der Waals surface area contributed by atoms with Gasteiger partial charge in [0.05, 0.1) is 6.42 Å².